The Morgan fingerprint density at radius 1 is 1.41 bits per heavy atom. The molecule has 92 valence electrons. The lowest BCUT2D eigenvalue weighted by atomic mass is 10.1. The van der Waals surface area contributed by atoms with Gasteiger partial charge in [0, 0.05) is 24.2 Å². The van der Waals surface area contributed by atoms with Crippen molar-refractivity contribution in [2.75, 3.05) is 6.54 Å². The van der Waals surface area contributed by atoms with Gasteiger partial charge in [0.15, 0.2) is 0 Å². The van der Waals surface area contributed by atoms with Crippen LogP contribution in [0.3, 0.4) is 0 Å². The number of benzene rings is 1. The number of amides is 1. The molecular weight excluding hydrogens is 259 g/mol. The summed E-state index contributed by atoms with van der Waals surface area (Å²) in [5, 5.41) is 0.850. The maximum atomic E-state index is 12.2. The fourth-order valence-electron chi connectivity index (χ4n) is 2.05. The highest BCUT2D eigenvalue weighted by molar-refractivity contribution is 6.42. The Labute approximate surface area is 110 Å². The van der Waals surface area contributed by atoms with Crippen LogP contribution in [0, 0.1) is 0 Å². The predicted molar refractivity (Wildman–Crippen MR) is 69.6 cm³/mol. The summed E-state index contributed by atoms with van der Waals surface area (Å²) in [4.78, 5) is 14.0. The second kappa shape index (κ2) is 4.84. The van der Waals surface area contributed by atoms with Gasteiger partial charge in [0.2, 0.25) is 0 Å². The first-order chi connectivity index (χ1) is 8.00. The van der Waals surface area contributed by atoms with Crippen LogP contribution in [0.4, 0.5) is 0 Å². The van der Waals surface area contributed by atoms with Gasteiger partial charge in [-0.1, -0.05) is 23.2 Å². The maximum Gasteiger partial charge on any atom is 0.254 e. The summed E-state index contributed by atoms with van der Waals surface area (Å²) >= 11 is 11.7. The van der Waals surface area contributed by atoms with Crippen molar-refractivity contribution in [3.05, 3.63) is 33.8 Å². The number of halogens is 2. The van der Waals surface area contributed by atoms with Gasteiger partial charge in [0.05, 0.1) is 10.0 Å². The normalized spacial score (nSPS) is 24.1. The molecule has 1 aliphatic rings. The third-order valence-corrected chi connectivity index (χ3v) is 3.98. The number of likely N-dealkylation sites (tertiary alicyclic amines) is 1. The number of carbonyl (C=O) groups is 1. The van der Waals surface area contributed by atoms with Crippen molar-refractivity contribution in [1.29, 1.82) is 0 Å². The van der Waals surface area contributed by atoms with Crippen LogP contribution in [-0.2, 0) is 0 Å². The van der Waals surface area contributed by atoms with Crippen LogP contribution in [0.1, 0.15) is 23.7 Å². The van der Waals surface area contributed by atoms with Crippen molar-refractivity contribution in [3.63, 3.8) is 0 Å². The average molecular weight is 273 g/mol. The third-order valence-electron chi connectivity index (χ3n) is 3.24. The molecule has 1 fully saturated rings. The fraction of sp³-hybridized carbons (Fsp3) is 0.417. The van der Waals surface area contributed by atoms with E-state index in [1.165, 1.54) is 0 Å². The first kappa shape index (κ1) is 12.7. The minimum atomic E-state index is -0.0379. The Morgan fingerprint density at radius 2 is 2.12 bits per heavy atom. The van der Waals surface area contributed by atoms with Gasteiger partial charge in [-0.05, 0) is 31.5 Å². The Hall–Kier alpha value is -0.770. The molecule has 1 amide bonds. The summed E-state index contributed by atoms with van der Waals surface area (Å²) in [6, 6.07) is 5.05. The summed E-state index contributed by atoms with van der Waals surface area (Å²) in [6.07, 6.45) is 0.841. The highest BCUT2D eigenvalue weighted by atomic mass is 35.5. The van der Waals surface area contributed by atoms with Gasteiger partial charge in [-0.3, -0.25) is 4.79 Å². The van der Waals surface area contributed by atoms with Crippen LogP contribution in [0.25, 0.3) is 0 Å². The summed E-state index contributed by atoms with van der Waals surface area (Å²) < 4.78 is 0. The zero-order valence-electron chi connectivity index (χ0n) is 9.49. The van der Waals surface area contributed by atoms with E-state index in [1.807, 2.05) is 6.92 Å². The lowest BCUT2D eigenvalue weighted by Crippen LogP contribution is -2.40. The zero-order chi connectivity index (χ0) is 12.6. The molecule has 0 radical (unpaired) electrons. The second-order valence-electron chi connectivity index (χ2n) is 4.32. The summed E-state index contributed by atoms with van der Waals surface area (Å²) in [6.45, 7) is 2.66. The number of hydrogen-bond donors (Lipinski definition) is 1. The van der Waals surface area contributed by atoms with Crippen molar-refractivity contribution in [3.8, 4) is 0 Å². The van der Waals surface area contributed by atoms with E-state index in [-0.39, 0.29) is 18.0 Å². The predicted octanol–water partition coefficient (Wildman–Crippen LogP) is 2.56. The van der Waals surface area contributed by atoms with Crippen LogP contribution in [0.5, 0.6) is 0 Å². The van der Waals surface area contributed by atoms with Gasteiger partial charge in [-0.2, -0.15) is 0 Å². The molecule has 2 rings (SSSR count). The molecule has 2 unspecified atom stereocenters. The molecule has 0 spiro atoms. The molecule has 0 aromatic heterocycles. The number of hydrogen-bond acceptors (Lipinski definition) is 2. The third kappa shape index (κ3) is 2.41. The Morgan fingerprint density at radius 3 is 2.65 bits per heavy atom. The minimum Gasteiger partial charge on any atom is -0.334 e. The van der Waals surface area contributed by atoms with E-state index in [0.29, 0.717) is 22.2 Å². The molecular formula is C12H14Cl2N2O. The van der Waals surface area contributed by atoms with E-state index < -0.39 is 0 Å². The monoisotopic (exact) mass is 272 g/mol. The maximum absolute atomic E-state index is 12.2. The van der Waals surface area contributed by atoms with Gasteiger partial charge in [0.25, 0.3) is 5.91 Å². The molecule has 0 bridgehead atoms. The molecule has 5 heteroatoms. The van der Waals surface area contributed by atoms with E-state index in [2.05, 4.69) is 0 Å². The quantitative estimate of drug-likeness (QED) is 0.854. The standard InChI is InChI=1S/C12H14Cl2N2O/c1-7-11(15)4-5-16(7)12(17)8-2-3-9(13)10(14)6-8/h2-3,6-7,11H,4-5,15H2,1H3. The lowest BCUT2D eigenvalue weighted by Gasteiger charge is -2.23. The van der Waals surface area contributed by atoms with Gasteiger partial charge in [-0.15, -0.1) is 0 Å². The smallest absolute Gasteiger partial charge is 0.254 e. The Bertz CT molecular complexity index is 450. The van der Waals surface area contributed by atoms with E-state index in [9.17, 15) is 4.79 Å². The fourth-order valence-corrected chi connectivity index (χ4v) is 2.34. The van der Waals surface area contributed by atoms with Crippen LogP contribution in [-0.4, -0.2) is 29.4 Å². The molecule has 3 nitrogen and oxygen atoms in total. The van der Waals surface area contributed by atoms with Crippen molar-refractivity contribution < 1.29 is 4.79 Å². The van der Waals surface area contributed by atoms with Crippen molar-refractivity contribution in [1.82, 2.24) is 4.90 Å². The average Bonchev–Trinajstić information content (AvgIpc) is 2.63. The van der Waals surface area contributed by atoms with Crippen LogP contribution < -0.4 is 5.73 Å². The molecule has 1 heterocycles. The van der Waals surface area contributed by atoms with Crippen LogP contribution >= 0.6 is 23.2 Å². The molecule has 17 heavy (non-hydrogen) atoms. The summed E-state index contributed by atoms with van der Waals surface area (Å²) in [7, 11) is 0. The van der Waals surface area contributed by atoms with E-state index in [1.54, 1.807) is 23.1 Å². The van der Waals surface area contributed by atoms with Crippen molar-refractivity contribution in [2.24, 2.45) is 5.73 Å². The molecule has 2 N–H and O–H groups in total. The minimum absolute atomic E-state index is 0.0379. The molecule has 1 aliphatic heterocycles. The molecule has 0 saturated carbocycles. The number of rotatable bonds is 1. The number of nitrogens with zero attached hydrogens (tertiary/aromatic N) is 1. The van der Waals surface area contributed by atoms with Gasteiger partial charge in [0.1, 0.15) is 0 Å². The van der Waals surface area contributed by atoms with E-state index in [0.717, 1.165) is 6.42 Å². The zero-order valence-corrected chi connectivity index (χ0v) is 11.0. The second-order valence-corrected chi connectivity index (χ2v) is 5.13. The molecule has 1 aromatic carbocycles. The first-order valence-corrected chi connectivity index (χ1v) is 6.28. The molecule has 0 aliphatic carbocycles. The summed E-state index contributed by atoms with van der Waals surface area (Å²) in [5.74, 6) is -0.0379. The van der Waals surface area contributed by atoms with Gasteiger partial charge >= 0.3 is 0 Å². The Balaban J connectivity index is 2.22. The molecule has 1 saturated heterocycles. The summed E-state index contributed by atoms with van der Waals surface area (Å²) in [5.41, 5.74) is 6.45. The van der Waals surface area contributed by atoms with Gasteiger partial charge < -0.3 is 10.6 Å². The largest absolute Gasteiger partial charge is 0.334 e. The van der Waals surface area contributed by atoms with E-state index in [4.69, 9.17) is 28.9 Å². The topological polar surface area (TPSA) is 46.3 Å². The lowest BCUT2D eigenvalue weighted by molar-refractivity contribution is 0.0742. The first-order valence-electron chi connectivity index (χ1n) is 5.52. The van der Waals surface area contributed by atoms with Crippen LogP contribution in [0.2, 0.25) is 10.0 Å². The SMILES string of the molecule is CC1C(N)CCN1C(=O)c1ccc(Cl)c(Cl)c1. The molecule has 2 atom stereocenters. The Kier molecular flexibility index (Phi) is 3.61. The van der Waals surface area contributed by atoms with E-state index >= 15 is 0 Å². The highest BCUT2D eigenvalue weighted by Gasteiger charge is 2.31. The van der Waals surface area contributed by atoms with Gasteiger partial charge in [-0.25, -0.2) is 0 Å². The van der Waals surface area contributed by atoms with Crippen molar-refractivity contribution >= 4 is 29.1 Å². The number of carbonyl (C=O) groups excluding carboxylic acids is 1. The molecule has 1 aromatic rings. The van der Waals surface area contributed by atoms with Crippen molar-refractivity contribution in [2.45, 2.75) is 25.4 Å². The number of nitrogens with two attached hydrogens (primary N) is 1. The van der Waals surface area contributed by atoms with Crippen LogP contribution in [0.15, 0.2) is 18.2 Å². The highest BCUT2D eigenvalue weighted by Crippen LogP contribution is 2.25.